The molecule has 0 saturated carbocycles. The number of hydrogen-bond acceptors (Lipinski definition) is 9. The van der Waals surface area contributed by atoms with Crippen molar-refractivity contribution in [1.29, 1.82) is 0 Å². The molecule has 1 fully saturated rings. The molecule has 8 atom stereocenters. The average Bonchev–Trinajstić information content (AvgIpc) is 2.45. The third-order valence-corrected chi connectivity index (χ3v) is 3.26. The van der Waals surface area contributed by atoms with Gasteiger partial charge in [-0.3, -0.25) is 0 Å². The zero-order valence-corrected chi connectivity index (χ0v) is 11.0. The summed E-state index contributed by atoms with van der Waals surface area (Å²) in [4.78, 5) is 0. The quantitative estimate of drug-likeness (QED) is 0.258. The van der Waals surface area contributed by atoms with E-state index in [0.29, 0.717) is 0 Å². The minimum atomic E-state index is -1.61. The molecular formula is C11H22O9. The highest BCUT2D eigenvalue weighted by molar-refractivity contribution is 4.88. The van der Waals surface area contributed by atoms with Crippen LogP contribution in [0.4, 0.5) is 0 Å². The van der Waals surface area contributed by atoms with E-state index in [2.05, 4.69) is 0 Å². The van der Waals surface area contributed by atoms with Crippen LogP contribution in [0.15, 0.2) is 0 Å². The molecule has 120 valence electrons. The van der Waals surface area contributed by atoms with Crippen molar-refractivity contribution in [2.45, 2.75) is 55.9 Å². The summed E-state index contributed by atoms with van der Waals surface area (Å²) >= 11 is 0. The fourth-order valence-electron chi connectivity index (χ4n) is 1.89. The number of aliphatic hydroxyl groups is 7. The first-order valence-electron chi connectivity index (χ1n) is 6.26. The van der Waals surface area contributed by atoms with Gasteiger partial charge in [-0.25, -0.2) is 0 Å². The third kappa shape index (κ3) is 3.85. The smallest absolute Gasteiger partial charge is 0.187 e. The molecule has 9 nitrogen and oxygen atoms in total. The molecule has 0 amide bonds. The molecular weight excluding hydrogens is 276 g/mol. The largest absolute Gasteiger partial charge is 0.394 e. The van der Waals surface area contributed by atoms with Crippen molar-refractivity contribution in [3.05, 3.63) is 0 Å². The van der Waals surface area contributed by atoms with E-state index in [9.17, 15) is 25.5 Å². The van der Waals surface area contributed by atoms with E-state index in [1.165, 1.54) is 6.92 Å². The molecule has 0 bridgehead atoms. The molecule has 0 spiro atoms. The van der Waals surface area contributed by atoms with E-state index in [-0.39, 0.29) is 0 Å². The van der Waals surface area contributed by atoms with Crippen LogP contribution in [0.25, 0.3) is 0 Å². The Balaban J connectivity index is 2.69. The molecule has 1 heterocycles. The van der Waals surface area contributed by atoms with Crippen LogP contribution in [-0.2, 0) is 9.47 Å². The average molecular weight is 298 g/mol. The number of ether oxygens (including phenoxy) is 2. The van der Waals surface area contributed by atoms with Crippen LogP contribution in [0.2, 0.25) is 0 Å². The van der Waals surface area contributed by atoms with Gasteiger partial charge in [-0.1, -0.05) is 0 Å². The Bertz CT molecular complexity index is 289. The van der Waals surface area contributed by atoms with E-state index in [1.54, 1.807) is 0 Å². The Morgan fingerprint density at radius 1 is 1.00 bits per heavy atom. The third-order valence-electron chi connectivity index (χ3n) is 3.26. The summed E-state index contributed by atoms with van der Waals surface area (Å²) in [5, 5.41) is 65.6. The maximum atomic E-state index is 9.71. The maximum absolute atomic E-state index is 9.71. The lowest BCUT2D eigenvalue weighted by Crippen LogP contribution is -2.59. The fraction of sp³-hybridized carbons (Fsp3) is 1.00. The number of hydrogen-bond donors (Lipinski definition) is 7. The monoisotopic (exact) mass is 298 g/mol. The van der Waals surface area contributed by atoms with Gasteiger partial charge in [0.05, 0.1) is 19.3 Å². The lowest BCUT2D eigenvalue weighted by Gasteiger charge is -2.40. The van der Waals surface area contributed by atoms with Crippen molar-refractivity contribution in [1.82, 2.24) is 0 Å². The van der Waals surface area contributed by atoms with Gasteiger partial charge in [-0.05, 0) is 6.92 Å². The summed E-state index contributed by atoms with van der Waals surface area (Å²) in [7, 11) is 0. The lowest BCUT2D eigenvalue weighted by molar-refractivity contribution is -0.315. The molecule has 0 aromatic carbocycles. The second-order valence-corrected chi connectivity index (χ2v) is 4.78. The van der Waals surface area contributed by atoms with Crippen LogP contribution in [0, 0.1) is 0 Å². The van der Waals surface area contributed by atoms with Crippen molar-refractivity contribution in [2.24, 2.45) is 0 Å². The molecule has 7 N–H and O–H groups in total. The van der Waals surface area contributed by atoms with Crippen molar-refractivity contribution in [2.75, 3.05) is 13.2 Å². The van der Waals surface area contributed by atoms with Crippen LogP contribution in [0.1, 0.15) is 6.92 Å². The van der Waals surface area contributed by atoms with Gasteiger partial charge < -0.3 is 45.2 Å². The summed E-state index contributed by atoms with van der Waals surface area (Å²) in [6, 6.07) is 0. The number of rotatable bonds is 6. The summed E-state index contributed by atoms with van der Waals surface area (Å²) in [5.74, 6) is 0. The molecule has 9 heteroatoms. The molecule has 0 aliphatic carbocycles. The van der Waals surface area contributed by atoms with Gasteiger partial charge in [-0.15, -0.1) is 0 Å². The Morgan fingerprint density at radius 3 is 2.10 bits per heavy atom. The van der Waals surface area contributed by atoms with Gasteiger partial charge in [-0.2, -0.15) is 0 Å². The second-order valence-electron chi connectivity index (χ2n) is 4.78. The predicted octanol–water partition coefficient (Wildman–Crippen LogP) is -4.09. The second kappa shape index (κ2) is 7.59. The maximum Gasteiger partial charge on any atom is 0.187 e. The van der Waals surface area contributed by atoms with Gasteiger partial charge in [0.1, 0.15) is 36.6 Å². The van der Waals surface area contributed by atoms with Crippen molar-refractivity contribution < 1.29 is 45.2 Å². The van der Waals surface area contributed by atoms with Crippen molar-refractivity contribution in [3.8, 4) is 0 Å². The molecule has 1 aliphatic rings. The van der Waals surface area contributed by atoms with Gasteiger partial charge in [0, 0.05) is 0 Å². The van der Waals surface area contributed by atoms with Gasteiger partial charge in [0.2, 0.25) is 0 Å². The molecule has 20 heavy (non-hydrogen) atoms. The van der Waals surface area contributed by atoms with Gasteiger partial charge in [0.15, 0.2) is 6.29 Å². The summed E-state index contributed by atoms with van der Waals surface area (Å²) < 4.78 is 10.2. The Kier molecular flexibility index (Phi) is 6.72. The zero-order chi connectivity index (χ0) is 15.4. The molecule has 1 aliphatic heterocycles. The Hall–Kier alpha value is -0.360. The Morgan fingerprint density at radius 2 is 1.60 bits per heavy atom. The SMILES string of the molecule is CC1O[C@@H](O[C@H](CO)[C@H](O)C(O)CO)C(O)[C@@H](O)[C@H]1O. The molecule has 3 unspecified atom stereocenters. The molecule has 0 aromatic rings. The van der Waals surface area contributed by atoms with E-state index in [0.717, 1.165) is 0 Å². The molecule has 1 saturated heterocycles. The highest BCUT2D eigenvalue weighted by Gasteiger charge is 2.44. The molecule has 0 aromatic heterocycles. The fourth-order valence-corrected chi connectivity index (χ4v) is 1.89. The minimum absolute atomic E-state index is 0.710. The van der Waals surface area contributed by atoms with Crippen LogP contribution in [-0.4, -0.2) is 98.0 Å². The van der Waals surface area contributed by atoms with Gasteiger partial charge >= 0.3 is 0 Å². The lowest BCUT2D eigenvalue weighted by atomic mass is 10.00. The van der Waals surface area contributed by atoms with Crippen molar-refractivity contribution >= 4 is 0 Å². The summed E-state index contributed by atoms with van der Waals surface area (Å²) in [6.07, 6.45) is -11.1. The molecule has 0 radical (unpaired) electrons. The first kappa shape index (κ1) is 17.7. The van der Waals surface area contributed by atoms with Gasteiger partial charge in [0.25, 0.3) is 0 Å². The standard InChI is InChI=1S/C11H22O9/c1-4-7(15)9(17)10(18)11(19-4)20-6(3-13)8(16)5(14)2-12/h4-18H,2-3H2,1H3/t4?,5?,6-,7+,8-,9+,10?,11+/m1/s1. The highest BCUT2D eigenvalue weighted by atomic mass is 16.7. The molecule has 1 rings (SSSR count). The zero-order valence-electron chi connectivity index (χ0n) is 11.0. The van der Waals surface area contributed by atoms with Crippen LogP contribution in [0.3, 0.4) is 0 Å². The summed E-state index contributed by atoms with van der Waals surface area (Å²) in [5.41, 5.74) is 0. The topological polar surface area (TPSA) is 160 Å². The van der Waals surface area contributed by atoms with E-state index in [1.807, 2.05) is 0 Å². The van der Waals surface area contributed by atoms with E-state index in [4.69, 9.17) is 19.7 Å². The van der Waals surface area contributed by atoms with Crippen LogP contribution >= 0.6 is 0 Å². The predicted molar refractivity (Wildman–Crippen MR) is 63.4 cm³/mol. The first-order valence-corrected chi connectivity index (χ1v) is 6.26. The van der Waals surface area contributed by atoms with Crippen LogP contribution in [0.5, 0.6) is 0 Å². The minimum Gasteiger partial charge on any atom is -0.394 e. The van der Waals surface area contributed by atoms with Crippen molar-refractivity contribution in [3.63, 3.8) is 0 Å². The highest BCUT2D eigenvalue weighted by Crippen LogP contribution is 2.23. The van der Waals surface area contributed by atoms with E-state index < -0.39 is 62.2 Å². The van der Waals surface area contributed by atoms with Crippen LogP contribution < -0.4 is 0 Å². The Labute approximate surface area is 115 Å². The first-order chi connectivity index (χ1) is 9.33. The normalized spacial score (nSPS) is 39.3. The van der Waals surface area contributed by atoms with E-state index >= 15 is 0 Å². The number of aliphatic hydroxyl groups excluding tert-OH is 7. The summed E-state index contributed by atoms with van der Waals surface area (Å²) in [6.45, 7) is -0.00619.